The summed E-state index contributed by atoms with van der Waals surface area (Å²) in [6, 6.07) is 9.46. The van der Waals surface area contributed by atoms with E-state index in [0.717, 1.165) is 21.8 Å². The van der Waals surface area contributed by atoms with Crippen molar-refractivity contribution in [3.63, 3.8) is 0 Å². The van der Waals surface area contributed by atoms with Gasteiger partial charge in [-0.1, -0.05) is 11.6 Å². The molecule has 0 saturated carbocycles. The summed E-state index contributed by atoms with van der Waals surface area (Å²) in [5.41, 5.74) is 0. The minimum Gasteiger partial charge on any atom is -0.379 e. The minimum absolute atomic E-state index is 0.167. The fraction of sp³-hybridized carbons (Fsp3) is 0. The molecule has 0 atom stereocenters. The van der Waals surface area contributed by atoms with Gasteiger partial charge in [-0.25, -0.2) is 4.39 Å². The molecule has 2 aromatic carbocycles. The Labute approximate surface area is 128 Å². The Kier molecular flexibility index (Phi) is 4.32. The first-order valence-corrected chi connectivity index (χ1v) is 7.90. The van der Waals surface area contributed by atoms with Crippen molar-refractivity contribution in [3.8, 4) is 5.75 Å². The van der Waals surface area contributed by atoms with Gasteiger partial charge in [-0.2, -0.15) is 8.42 Å². The van der Waals surface area contributed by atoms with Crippen LogP contribution in [0, 0.1) is 9.39 Å². The van der Waals surface area contributed by atoms with E-state index in [4.69, 9.17) is 15.8 Å². The highest BCUT2D eigenvalue weighted by Crippen LogP contribution is 2.26. The molecule has 0 saturated heterocycles. The van der Waals surface area contributed by atoms with Gasteiger partial charge in [0.25, 0.3) is 0 Å². The van der Waals surface area contributed by atoms with E-state index in [9.17, 15) is 12.8 Å². The van der Waals surface area contributed by atoms with Gasteiger partial charge in [-0.15, -0.1) is 0 Å². The molecular formula is C12H7ClFIO3S. The van der Waals surface area contributed by atoms with Crippen molar-refractivity contribution < 1.29 is 17.0 Å². The molecule has 0 bridgehead atoms. The van der Waals surface area contributed by atoms with Crippen LogP contribution in [0.15, 0.2) is 47.4 Å². The average Bonchev–Trinajstić information content (AvgIpc) is 2.31. The van der Waals surface area contributed by atoms with Crippen molar-refractivity contribution in [3.05, 3.63) is 56.9 Å². The third kappa shape index (κ3) is 3.58. The van der Waals surface area contributed by atoms with Crippen LogP contribution in [-0.2, 0) is 10.1 Å². The first-order valence-electron chi connectivity index (χ1n) is 5.03. The molecule has 0 aromatic heterocycles. The fourth-order valence-electron chi connectivity index (χ4n) is 1.34. The molecule has 0 spiro atoms. The van der Waals surface area contributed by atoms with Gasteiger partial charge in [0, 0.05) is 3.57 Å². The molecule has 0 amide bonds. The topological polar surface area (TPSA) is 43.4 Å². The Morgan fingerprint density at radius 3 is 2.32 bits per heavy atom. The monoisotopic (exact) mass is 412 g/mol. The molecule has 100 valence electrons. The first-order chi connectivity index (χ1) is 8.88. The van der Waals surface area contributed by atoms with Crippen LogP contribution in [0.3, 0.4) is 0 Å². The van der Waals surface area contributed by atoms with Gasteiger partial charge in [-0.05, 0) is 65.1 Å². The highest BCUT2D eigenvalue weighted by molar-refractivity contribution is 14.1. The van der Waals surface area contributed by atoms with Crippen molar-refractivity contribution in [1.82, 2.24) is 0 Å². The maximum Gasteiger partial charge on any atom is 0.340 e. The number of benzene rings is 2. The Morgan fingerprint density at radius 2 is 1.74 bits per heavy atom. The van der Waals surface area contributed by atoms with Crippen molar-refractivity contribution in [2.75, 3.05) is 0 Å². The van der Waals surface area contributed by atoms with E-state index >= 15 is 0 Å². The lowest BCUT2D eigenvalue weighted by Gasteiger charge is -2.08. The SMILES string of the molecule is O=S(=O)(Oc1ccc(I)cc1)c1ccc(F)cc1Cl. The summed E-state index contributed by atoms with van der Waals surface area (Å²) in [7, 11) is -4.07. The molecule has 0 N–H and O–H groups in total. The van der Waals surface area contributed by atoms with E-state index in [1.54, 1.807) is 12.1 Å². The highest BCUT2D eigenvalue weighted by Gasteiger charge is 2.20. The zero-order chi connectivity index (χ0) is 14.0. The summed E-state index contributed by atoms with van der Waals surface area (Å²) in [5.74, 6) is -0.445. The van der Waals surface area contributed by atoms with Crippen LogP contribution >= 0.6 is 34.2 Å². The molecule has 0 fully saturated rings. The molecule has 0 radical (unpaired) electrons. The van der Waals surface area contributed by atoms with Crippen LogP contribution in [0.1, 0.15) is 0 Å². The standard InChI is InChI=1S/C12H7ClFIO3S/c13-11-7-8(14)1-6-12(11)19(16,17)18-10-4-2-9(15)3-5-10/h1-7H. The normalized spacial score (nSPS) is 11.3. The fourth-order valence-corrected chi connectivity index (χ4v) is 3.14. The largest absolute Gasteiger partial charge is 0.379 e. The van der Waals surface area contributed by atoms with Crippen molar-refractivity contribution >= 4 is 44.3 Å². The lowest BCUT2D eigenvalue weighted by atomic mass is 10.3. The molecule has 0 aliphatic rings. The number of halogens is 3. The molecule has 0 aliphatic heterocycles. The molecule has 2 rings (SSSR count). The summed E-state index contributed by atoms with van der Waals surface area (Å²) in [6.45, 7) is 0. The van der Waals surface area contributed by atoms with Crippen LogP contribution in [0.2, 0.25) is 5.02 Å². The molecule has 0 aliphatic carbocycles. The molecule has 2 aromatic rings. The Balaban J connectivity index is 2.35. The van der Waals surface area contributed by atoms with E-state index < -0.39 is 15.9 Å². The van der Waals surface area contributed by atoms with Crippen molar-refractivity contribution in [2.24, 2.45) is 0 Å². The lowest BCUT2D eigenvalue weighted by molar-refractivity contribution is 0.486. The van der Waals surface area contributed by atoms with Gasteiger partial charge < -0.3 is 4.18 Å². The van der Waals surface area contributed by atoms with Gasteiger partial charge in [0.15, 0.2) is 0 Å². The first kappa shape index (κ1) is 14.5. The molecule has 3 nitrogen and oxygen atoms in total. The predicted molar refractivity (Wildman–Crippen MR) is 78.4 cm³/mol. The predicted octanol–water partition coefficient (Wildman–Crippen LogP) is 3.85. The maximum absolute atomic E-state index is 12.9. The smallest absolute Gasteiger partial charge is 0.340 e. The average molecular weight is 413 g/mol. The van der Waals surface area contributed by atoms with E-state index in [2.05, 4.69) is 22.6 Å². The zero-order valence-corrected chi connectivity index (χ0v) is 13.0. The molecule has 7 heteroatoms. The zero-order valence-electron chi connectivity index (χ0n) is 9.31. The second-order valence-electron chi connectivity index (χ2n) is 3.57. The lowest BCUT2D eigenvalue weighted by Crippen LogP contribution is -2.10. The second-order valence-corrected chi connectivity index (χ2v) is 6.73. The number of hydrogen-bond acceptors (Lipinski definition) is 3. The van der Waals surface area contributed by atoms with Gasteiger partial charge in [0.2, 0.25) is 0 Å². The Hall–Kier alpha value is -0.860. The molecule has 0 unspecified atom stereocenters. The van der Waals surface area contributed by atoms with Crippen molar-refractivity contribution in [2.45, 2.75) is 4.90 Å². The Bertz CT molecular complexity index is 701. The molecule has 0 heterocycles. The highest BCUT2D eigenvalue weighted by atomic mass is 127. The van der Waals surface area contributed by atoms with Crippen LogP contribution < -0.4 is 4.18 Å². The van der Waals surface area contributed by atoms with Crippen LogP contribution in [0.25, 0.3) is 0 Å². The third-order valence-corrected chi connectivity index (χ3v) is 4.63. The van der Waals surface area contributed by atoms with E-state index in [0.29, 0.717) is 0 Å². The number of hydrogen-bond donors (Lipinski definition) is 0. The van der Waals surface area contributed by atoms with Crippen LogP contribution in [0.5, 0.6) is 5.75 Å². The maximum atomic E-state index is 12.9. The third-order valence-electron chi connectivity index (χ3n) is 2.18. The molecular weight excluding hydrogens is 406 g/mol. The van der Waals surface area contributed by atoms with Crippen LogP contribution in [-0.4, -0.2) is 8.42 Å². The van der Waals surface area contributed by atoms with Gasteiger partial charge in [0.1, 0.15) is 16.5 Å². The van der Waals surface area contributed by atoms with E-state index in [1.165, 1.54) is 12.1 Å². The van der Waals surface area contributed by atoms with Crippen LogP contribution in [0.4, 0.5) is 4.39 Å². The second kappa shape index (κ2) is 5.64. The molecule has 19 heavy (non-hydrogen) atoms. The van der Waals surface area contributed by atoms with E-state index in [-0.39, 0.29) is 15.7 Å². The van der Waals surface area contributed by atoms with E-state index in [1.807, 2.05) is 0 Å². The summed E-state index contributed by atoms with van der Waals surface area (Å²) in [4.78, 5) is -0.269. The minimum atomic E-state index is -4.07. The quantitative estimate of drug-likeness (QED) is 0.568. The summed E-state index contributed by atoms with van der Waals surface area (Å²) >= 11 is 7.79. The summed E-state index contributed by atoms with van der Waals surface area (Å²) in [5, 5.41) is -0.217. The van der Waals surface area contributed by atoms with Gasteiger partial charge >= 0.3 is 10.1 Å². The number of rotatable bonds is 3. The summed E-state index contributed by atoms with van der Waals surface area (Å²) < 4.78 is 42.7. The van der Waals surface area contributed by atoms with Gasteiger partial charge in [-0.3, -0.25) is 0 Å². The van der Waals surface area contributed by atoms with Gasteiger partial charge in [0.05, 0.1) is 5.02 Å². The summed E-state index contributed by atoms with van der Waals surface area (Å²) in [6.07, 6.45) is 0. The Morgan fingerprint density at radius 1 is 1.11 bits per heavy atom. The van der Waals surface area contributed by atoms with Crippen molar-refractivity contribution in [1.29, 1.82) is 0 Å².